The Bertz CT molecular complexity index is 445. The molecule has 0 aliphatic heterocycles. The topological polar surface area (TPSA) is 9.23 Å². The summed E-state index contributed by atoms with van der Waals surface area (Å²) < 4.78 is 41.3. The van der Waals surface area contributed by atoms with Crippen molar-refractivity contribution in [1.29, 1.82) is 0 Å². The van der Waals surface area contributed by atoms with Gasteiger partial charge in [-0.15, -0.1) is 24.9 Å². The van der Waals surface area contributed by atoms with E-state index in [4.69, 9.17) is 0 Å². The lowest BCUT2D eigenvalue weighted by Gasteiger charge is -2.21. The van der Waals surface area contributed by atoms with Crippen molar-refractivity contribution in [3.05, 3.63) is 22.7 Å². The van der Waals surface area contributed by atoms with Crippen LogP contribution in [0.3, 0.4) is 0 Å². The van der Waals surface area contributed by atoms with Crippen LogP contribution in [-0.2, 0) is 0 Å². The Morgan fingerprint density at radius 2 is 1.85 bits per heavy atom. The van der Waals surface area contributed by atoms with Gasteiger partial charge in [0.2, 0.25) is 0 Å². The quantitative estimate of drug-likeness (QED) is 0.600. The lowest BCUT2D eigenvalue weighted by Crippen LogP contribution is -2.17. The molecule has 0 heterocycles. The van der Waals surface area contributed by atoms with Gasteiger partial charge in [0.1, 0.15) is 5.75 Å². The number of hydrogen-bond acceptors (Lipinski definition) is 2. The van der Waals surface area contributed by atoms with E-state index in [9.17, 15) is 13.2 Å². The first-order valence-electron chi connectivity index (χ1n) is 6.61. The van der Waals surface area contributed by atoms with Gasteiger partial charge in [0.05, 0.1) is 0 Å². The number of halogens is 4. The van der Waals surface area contributed by atoms with E-state index in [2.05, 4.69) is 20.7 Å². The van der Waals surface area contributed by atoms with Crippen LogP contribution in [0.2, 0.25) is 0 Å². The first-order valence-corrected chi connectivity index (χ1v) is 8.39. The second kappa shape index (κ2) is 7.07. The fraction of sp³-hybridized carbons (Fsp3) is 0.571. The Hall–Kier alpha value is -0.360. The van der Waals surface area contributed by atoms with Gasteiger partial charge in [-0.1, -0.05) is 35.2 Å². The average Bonchev–Trinajstić information content (AvgIpc) is 2.35. The molecule has 1 aromatic carbocycles. The molecule has 20 heavy (non-hydrogen) atoms. The molecule has 0 radical (unpaired) electrons. The third-order valence-electron chi connectivity index (χ3n) is 3.29. The van der Waals surface area contributed by atoms with Gasteiger partial charge in [0, 0.05) is 15.1 Å². The van der Waals surface area contributed by atoms with E-state index in [1.807, 2.05) is 6.07 Å². The largest absolute Gasteiger partial charge is 0.573 e. The molecule has 0 spiro atoms. The lowest BCUT2D eigenvalue weighted by molar-refractivity contribution is -0.274. The minimum absolute atomic E-state index is 0.169. The smallest absolute Gasteiger partial charge is 0.406 e. The van der Waals surface area contributed by atoms with Crippen LogP contribution in [0.1, 0.15) is 32.1 Å². The summed E-state index contributed by atoms with van der Waals surface area (Å²) >= 11 is 4.83. The summed E-state index contributed by atoms with van der Waals surface area (Å²) in [6.45, 7) is 0. The number of hydrogen-bond donors (Lipinski definition) is 0. The molecule has 0 unspecified atom stereocenters. The van der Waals surface area contributed by atoms with Gasteiger partial charge in [0.25, 0.3) is 0 Å². The molecule has 1 saturated carbocycles. The Balaban J connectivity index is 1.96. The molecule has 1 nitrogen and oxygen atoms in total. The molecule has 1 aliphatic carbocycles. The molecular weight excluding hydrogens is 353 g/mol. The molecule has 0 aromatic heterocycles. The highest BCUT2D eigenvalue weighted by Crippen LogP contribution is 2.34. The normalized spacial score (nSPS) is 17.2. The second-order valence-electron chi connectivity index (χ2n) is 4.99. The van der Waals surface area contributed by atoms with E-state index in [0.29, 0.717) is 10.4 Å². The molecule has 1 aliphatic rings. The zero-order chi connectivity index (χ0) is 14.6. The number of ether oxygens (including phenoxy) is 1. The van der Waals surface area contributed by atoms with Gasteiger partial charge >= 0.3 is 6.36 Å². The van der Waals surface area contributed by atoms with Crippen molar-refractivity contribution in [2.75, 3.05) is 5.75 Å². The molecule has 0 amide bonds. The van der Waals surface area contributed by atoms with Crippen molar-refractivity contribution in [2.45, 2.75) is 43.4 Å². The fourth-order valence-corrected chi connectivity index (χ4v) is 4.18. The minimum atomic E-state index is -4.65. The Kier molecular flexibility index (Phi) is 5.66. The third-order valence-corrected chi connectivity index (χ3v) is 4.95. The van der Waals surface area contributed by atoms with Crippen LogP contribution >= 0.6 is 27.7 Å². The molecule has 1 fully saturated rings. The Morgan fingerprint density at radius 3 is 2.50 bits per heavy atom. The van der Waals surface area contributed by atoms with Crippen LogP contribution in [0.4, 0.5) is 13.2 Å². The third kappa shape index (κ3) is 5.56. The highest BCUT2D eigenvalue weighted by molar-refractivity contribution is 9.10. The minimum Gasteiger partial charge on any atom is -0.406 e. The van der Waals surface area contributed by atoms with E-state index in [1.54, 1.807) is 11.8 Å². The van der Waals surface area contributed by atoms with Gasteiger partial charge in [-0.2, -0.15) is 0 Å². The average molecular weight is 369 g/mol. The maximum absolute atomic E-state index is 12.2. The lowest BCUT2D eigenvalue weighted by atomic mass is 9.91. The summed E-state index contributed by atoms with van der Waals surface area (Å²) in [5.41, 5.74) is 0. The van der Waals surface area contributed by atoms with Crippen LogP contribution in [0, 0.1) is 5.92 Å². The first-order chi connectivity index (χ1) is 9.42. The summed E-state index contributed by atoms with van der Waals surface area (Å²) in [5, 5.41) is 0. The van der Waals surface area contributed by atoms with Gasteiger partial charge in [-0.25, -0.2) is 0 Å². The number of thioether (sulfide) groups is 1. The number of alkyl halides is 3. The Labute approximate surface area is 129 Å². The van der Waals surface area contributed by atoms with Crippen molar-refractivity contribution < 1.29 is 17.9 Å². The van der Waals surface area contributed by atoms with Crippen molar-refractivity contribution in [1.82, 2.24) is 0 Å². The monoisotopic (exact) mass is 368 g/mol. The zero-order valence-corrected chi connectivity index (χ0v) is 13.3. The second-order valence-corrected chi connectivity index (χ2v) is 6.99. The maximum atomic E-state index is 12.2. The molecule has 1 aromatic rings. The maximum Gasteiger partial charge on any atom is 0.573 e. The standard InChI is InChI=1S/C14H16BrF3OS/c15-11-6-12(19-14(16,17)18)8-13(7-11)20-9-10-4-2-1-3-5-10/h6-8,10H,1-5,9H2. The number of benzene rings is 1. The summed E-state index contributed by atoms with van der Waals surface area (Å²) in [6, 6.07) is 4.61. The summed E-state index contributed by atoms with van der Waals surface area (Å²) in [5.74, 6) is 1.47. The van der Waals surface area contributed by atoms with E-state index >= 15 is 0 Å². The SMILES string of the molecule is FC(F)(F)Oc1cc(Br)cc(SCC2CCCCC2)c1. The Morgan fingerprint density at radius 1 is 1.15 bits per heavy atom. The molecule has 0 saturated heterocycles. The molecule has 2 rings (SSSR count). The summed E-state index contributed by atoms with van der Waals surface area (Å²) in [6.07, 6.45) is 1.66. The van der Waals surface area contributed by atoms with Crippen LogP contribution in [-0.4, -0.2) is 12.1 Å². The van der Waals surface area contributed by atoms with Crippen LogP contribution < -0.4 is 4.74 Å². The summed E-state index contributed by atoms with van der Waals surface area (Å²) in [4.78, 5) is 0.809. The first kappa shape index (κ1) is 16.0. The van der Waals surface area contributed by atoms with Crippen LogP contribution in [0.5, 0.6) is 5.75 Å². The van der Waals surface area contributed by atoms with Crippen LogP contribution in [0.25, 0.3) is 0 Å². The van der Waals surface area contributed by atoms with E-state index in [1.165, 1.54) is 44.2 Å². The zero-order valence-electron chi connectivity index (χ0n) is 10.9. The molecule has 112 valence electrons. The number of rotatable bonds is 4. The predicted octanol–water partition coefficient (Wildman–Crippen LogP) is 6.02. The van der Waals surface area contributed by atoms with E-state index in [0.717, 1.165) is 10.6 Å². The van der Waals surface area contributed by atoms with Crippen molar-refractivity contribution in [3.63, 3.8) is 0 Å². The van der Waals surface area contributed by atoms with Gasteiger partial charge < -0.3 is 4.74 Å². The highest BCUT2D eigenvalue weighted by Gasteiger charge is 2.31. The van der Waals surface area contributed by atoms with Crippen molar-refractivity contribution in [3.8, 4) is 5.75 Å². The molecule has 0 bridgehead atoms. The molecule has 0 atom stereocenters. The molecule has 0 N–H and O–H groups in total. The van der Waals surface area contributed by atoms with Gasteiger partial charge in [-0.05, 0) is 37.0 Å². The molecule has 6 heteroatoms. The van der Waals surface area contributed by atoms with Crippen LogP contribution in [0.15, 0.2) is 27.6 Å². The van der Waals surface area contributed by atoms with Gasteiger partial charge in [0.15, 0.2) is 0 Å². The predicted molar refractivity (Wildman–Crippen MR) is 78.1 cm³/mol. The van der Waals surface area contributed by atoms with E-state index < -0.39 is 6.36 Å². The van der Waals surface area contributed by atoms with Gasteiger partial charge in [-0.3, -0.25) is 0 Å². The van der Waals surface area contributed by atoms with Crippen molar-refractivity contribution in [2.24, 2.45) is 5.92 Å². The summed E-state index contributed by atoms with van der Waals surface area (Å²) in [7, 11) is 0. The molecular formula is C14H16BrF3OS. The van der Waals surface area contributed by atoms with E-state index in [-0.39, 0.29) is 5.75 Å². The fourth-order valence-electron chi connectivity index (χ4n) is 2.38. The van der Waals surface area contributed by atoms with Crippen molar-refractivity contribution >= 4 is 27.7 Å². The highest BCUT2D eigenvalue weighted by atomic mass is 79.9.